The van der Waals surface area contributed by atoms with Gasteiger partial charge in [0, 0.05) is 24.2 Å². The Bertz CT molecular complexity index is 1030. The monoisotopic (exact) mass is 377 g/mol. The molecule has 2 aromatic carbocycles. The van der Waals surface area contributed by atoms with Gasteiger partial charge in [-0.2, -0.15) is 0 Å². The van der Waals surface area contributed by atoms with Crippen LogP contribution in [0.2, 0.25) is 0 Å². The van der Waals surface area contributed by atoms with Crippen molar-refractivity contribution in [3.63, 3.8) is 0 Å². The molecule has 0 atom stereocenters. The molecule has 1 aliphatic rings. The first kappa shape index (κ1) is 18.4. The average Bonchev–Trinajstić information content (AvgIpc) is 2.68. The molecule has 1 fully saturated rings. The molecule has 0 bridgehead atoms. The summed E-state index contributed by atoms with van der Waals surface area (Å²) in [6.45, 7) is 5.74. The largest absolute Gasteiger partial charge is 0.355 e. The number of piperidine rings is 1. The Morgan fingerprint density at radius 2 is 1.93 bits per heavy atom. The lowest BCUT2D eigenvalue weighted by molar-refractivity contribution is 0.0691. The fraction of sp³-hybridized carbons (Fsp3) is 0.304. The van der Waals surface area contributed by atoms with Crippen molar-refractivity contribution in [1.29, 1.82) is 0 Å². The van der Waals surface area contributed by atoms with Crippen LogP contribution in [0.15, 0.2) is 48.5 Å². The number of hydrogen-bond donors (Lipinski definition) is 1. The molecule has 0 spiro atoms. The molecular formula is C23H24FN3O. The van der Waals surface area contributed by atoms with Crippen LogP contribution in [0.4, 0.5) is 15.8 Å². The number of anilines is 2. The number of rotatable bonds is 3. The second kappa shape index (κ2) is 7.58. The zero-order valence-corrected chi connectivity index (χ0v) is 16.2. The average molecular weight is 377 g/mol. The summed E-state index contributed by atoms with van der Waals surface area (Å²) < 4.78 is 13.9. The third-order valence-electron chi connectivity index (χ3n) is 5.36. The van der Waals surface area contributed by atoms with Crippen molar-refractivity contribution in [1.82, 2.24) is 9.88 Å². The number of hydrogen-bond acceptors (Lipinski definition) is 3. The molecule has 1 aromatic heterocycles. The molecule has 144 valence electrons. The lowest BCUT2D eigenvalue weighted by Crippen LogP contribution is -2.38. The number of carbonyl (C=O) groups excluding carboxylic acids is 1. The van der Waals surface area contributed by atoms with Crippen LogP contribution in [0.3, 0.4) is 0 Å². The number of nitrogens with one attached hydrogen (secondary N) is 1. The summed E-state index contributed by atoms with van der Waals surface area (Å²) in [6.07, 6.45) is 2.03. The number of aryl methyl sites for hydroxylation is 1. The van der Waals surface area contributed by atoms with E-state index in [1.165, 1.54) is 12.1 Å². The van der Waals surface area contributed by atoms with Crippen molar-refractivity contribution >= 4 is 28.2 Å². The molecule has 0 aliphatic carbocycles. The van der Waals surface area contributed by atoms with Crippen molar-refractivity contribution in [2.75, 3.05) is 18.4 Å². The number of likely N-dealkylation sites (tertiary alicyclic amines) is 1. The van der Waals surface area contributed by atoms with E-state index in [1.807, 2.05) is 36.1 Å². The van der Waals surface area contributed by atoms with Crippen molar-refractivity contribution in [3.8, 4) is 0 Å². The number of halogens is 1. The quantitative estimate of drug-likeness (QED) is 0.674. The van der Waals surface area contributed by atoms with Gasteiger partial charge in [0.25, 0.3) is 5.91 Å². The number of nitrogens with zero attached hydrogens (tertiary/aromatic N) is 2. The van der Waals surface area contributed by atoms with Crippen LogP contribution in [0.1, 0.15) is 35.8 Å². The highest BCUT2D eigenvalue weighted by Crippen LogP contribution is 2.29. The van der Waals surface area contributed by atoms with E-state index in [2.05, 4.69) is 17.2 Å². The second-order valence-corrected chi connectivity index (χ2v) is 7.69. The standard InChI is InChI=1S/C23H24FN3O/c1-15-8-10-27(11-9-15)23(28)22-14-21(25-18-5-3-4-16(2)12-18)19-13-17(24)6-7-20(19)26-22/h3-7,12-15H,8-11H2,1-2H3,(H,25,26). The third-order valence-corrected chi connectivity index (χ3v) is 5.36. The maximum Gasteiger partial charge on any atom is 0.272 e. The van der Waals surface area contributed by atoms with Gasteiger partial charge in [0.1, 0.15) is 11.5 Å². The molecule has 3 aromatic rings. The van der Waals surface area contributed by atoms with E-state index in [-0.39, 0.29) is 11.7 Å². The second-order valence-electron chi connectivity index (χ2n) is 7.69. The van der Waals surface area contributed by atoms with Gasteiger partial charge >= 0.3 is 0 Å². The van der Waals surface area contributed by atoms with Crippen LogP contribution >= 0.6 is 0 Å². The Kier molecular flexibility index (Phi) is 4.99. The van der Waals surface area contributed by atoms with Crippen LogP contribution < -0.4 is 5.32 Å². The van der Waals surface area contributed by atoms with Crippen LogP contribution in [0.25, 0.3) is 10.9 Å². The SMILES string of the molecule is Cc1cccc(Nc2cc(C(=O)N3CCC(C)CC3)nc3ccc(F)cc23)c1. The number of fused-ring (bicyclic) bond motifs is 1. The zero-order chi connectivity index (χ0) is 19.7. The lowest BCUT2D eigenvalue weighted by Gasteiger charge is -2.30. The summed E-state index contributed by atoms with van der Waals surface area (Å²) in [4.78, 5) is 19.4. The highest BCUT2D eigenvalue weighted by atomic mass is 19.1. The molecule has 2 heterocycles. The van der Waals surface area contributed by atoms with Crippen LogP contribution in [0, 0.1) is 18.7 Å². The fourth-order valence-corrected chi connectivity index (χ4v) is 3.66. The van der Waals surface area contributed by atoms with Gasteiger partial charge in [-0.3, -0.25) is 4.79 Å². The summed E-state index contributed by atoms with van der Waals surface area (Å²) in [7, 11) is 0. The first-order valence-electron chi connectivity index (χ1n) is 9.73. The van der Waals surface area contributed by atoms with Gasteiger partial charge < -0.3 is 10.2 Å². The third kappa shape index (κ3) is 3.84. The van der Waals surface area contributed by atoms with Crippen LogP contribution in [-0.2, 0) is 0 Å². The van der Waals surface area contributed by atoms with Gasteiger partial charge in [0.2, 0.25) is 0 Å². The molecule has 4 nitrogen and oxygen atoms in total. The van der Waals surface area contributed by atoms with Gasteiger partial charge in [-0.15, -0.1) is 0 Å². The van der Waals surface area contributed by atoms with Gasteiger partial charge in [-0.05, 0) is 67.6 Å². The molecule has 1 N–H and O–H groups in total. The molecule has 1 aliphatic heterocycles. The number of pyridine rings is 1. The molecule has 0 radical (unpaired) electrons. The van der Waals surface area contributed by atoms with E-state index in [9.17, 15) is 9.18 Å². The van der Waals surface area contributed by atoms with E-state index in [0.29, 0.717) is 28.2 Å². The molecule has 0 saturated carbocycles. The summed E-state index contributed by atoms with van der Waals surface area (Å²) >= 11 is 0. The smallest absolute Gasteiger partial charge is 0.272 e. The van der Waals surface area contributed by atoms with Gasteiger partial charge in [0.05, 0.1) is 11.2 Å². The predicted octanol–water partition coefficient (Wildman–Crippen LogP) is 5.30. The van der Waals surface area contributed by atoms with Gasteiger partial charge in [-0.1, -0.05) is 19.1 Å². The topological polar surface area (TPSA) is 45.2 Å². The van der Waals surface area contributed by atoms with Crippen molar-refractivity contribution in [2.45, 2.75) is 26.7 Å². The molecule has 28 heavy (non-hydrogen) atoms. The predicted molar refractivity (Wildman–Crippen MR) is 110 cm³/mol. The number of benzene rings is 2. The fourth-order valence-electron chi connectivity index (χ4n) is 3.66. The zero-order valence-electron chi connectivity index (χ0n) is 16.2. The Morgan fingerprint density at radius 3 is 2.68 bits per heavy atom. The van der Waals surface area contributed by atoms with E-state index in [1.54, 1.807) is 12.1 Å². The van der Waals surface area contributed by atoms with Gasteiger partial charge in [-0.25, -0.2) is 9.37 Å². The molecule has 1 amide bonds. The van der Waals surface area contributed by atoms with Crippen LogP contribution in [0.5, 0.6) is 0 Å². The molecular weight excluding hydrogens is 353 g/mol. The molecule has 4 rings (SSSR count). The lowest BCUT2D eigenvalue weighted by atomic mass is 9.99. The van der Waals surface area contributed by atoms with E-state index in [0.717, 1.165) is 37.2 Å². The highest BCUT2D eigenvalue weighted by Gasteiger charge is 2.23. The molecule has 1 saturated heterocycles. The Labute approximate surface area is 164 Å². The molecule has 5 heteroatoms. The first-order chi connectivity index (χ1) is 13.5. The van der Waals surface area contributed by atoms with E-state index in [4.69, 9.17) is 0 Å². The van der Waals surface area contributed by atoms with E-state index >= 15 is 0 Å². The van der Waals surface area contributed by atoms with Crippen molar-refractivity contribution in [3.05, 3.63) is 65.6 Å². The van der Waals surface area contributed by atoms with Crippen LogP contribution in [-0.4, -0.2) is 28.9 Å². The minimum atomic E-state index is -0.328. The first-order valence-corrected chi connectivity index (χ1v) is 9.73. The maximum atomic E-state index is 13.9. The van der Waals surface area contributed by atoms with Gasteiger partial charge in [0.15, 0.2) is 0 Å². The van der Waals surface area contributed by atoms with Crippen molar-refractivity contribution in [2.24, 2.45) is 5.92 Å². The highest BCUT2D eigenvalue weighted by molar-refractivity contribution is 6.00. The number of aromatic nitrogens is 1. The summed E-state index contributed by atoms with van der Waals surface area (Å²) in [5.74, 6) is 0.256. The molecule has 0 unspecified atom stereocenters. The van der Waals surface area contributed by atoms with Crippen molar-refractivity contribution < 1.29 is 9.18 Å². The minimum Gasteiger partial charge on any atom is -0.355 e. The van der Waals surface area contributed by atoms with E-state index < -0.39 is 0 Å². The normalized spacial score (nSPS) is 15.0. The number of carbonyl (C=O) groups is 1. The Hall–Kier alpha value is -2.95. The summed E-state index contributed by atoms with van der Waals surface area (Å²) in [5, 5.41) is 4.00. The Morgan fingerprint density at radius 1 is 1.14 bits per heavy atom. The maximum absolute atomic E-state index is 13.9. The summed E-state index contributed by atoms with van der Waals surface area (Å²) in [6, 6.07) is 14.1. The summed E-state index contributed by atoms with van der Waals surface area (Å²) in [5.41, 5.74) is 3.69. The Balaban J connectivity index is 1.74. The number of amides is 1. The minimum absolute atomic E-state index is 0.0644.